The number of hydrogen-bond donors (Lipinski definition) is 11. The Morgan fingerprint density at radius 3 is 1.77 bits per heavy atom. The molecule has 2 aliphatic rings. The van der Waals surface area contributed by atoms with Crippen LogP contribution < -0.4 is 27.0 Å². The predicted molar refractivity (Wildman–Crippen MR) is 178 cm³/mol. The molecule has 2 saturated heterocycles. The molecule has 20 nitrogen and oxygen atoms in total. The van der Waals surface area contributed by atoms with Crippen LogP contribution in [0.2, 0.25) is 0 Å². The van der Waals surface area contributed by atoms with Crippen LogP contribution in [0, 0.1) is 0 Å². The summed E-state index contributed by atoms with van der Waals surface area (Å²) < 4.78 is 0. The number of carbonyl (C=O) groups excluding carboxylic acids is 6. The molecule has 12 N–H and O–H groups in total. The summed E-state index contributed by atoms with van der Waals surface area (Å²) in [5.74, 6) is -6.77. The van der Waals surface area contributed by atoms with Crippen LogP contribution in [-0.2, 0) is 40.0 Å². The van der Waals surface area contributed by atoms with E-state index < -0.39 is 110 Å². The molecule has 1 aromatic rings. The molecular formula is C32H47N7O13. The number of nitrogens with zero attached hydrogens (tertiary/aromatic N) is 2. The van der Waals surface area contributed by atoms with Crippen molar-refractivity contribution < 1.29 is 64.2 Å². The lowest BCUT2D eigenvalue weighted by molar-refractivity contribution is -0.145. The number of aromatic hydroxyl groups is 1. The van der Waals surface area contributed by atoms with Gasteiger partial charge in [0.05, 0.1) is 25.9 Å². The van der Waals surface area contributed by atoms with Crippen LogP contribution in [0.4, 0.5) is 0 Å². The molecule has 1 aromatic carbocycles. The molecule has 52 heavy (non-hydrogen) atoms. The Bertz CT molecular complexity index is 1460. The number of nitrogens with one attached hydrogen (secondary N) is 4. The highest BCUT2D eigenvalue weighted by molar-refractivity contribution is 5.97. The second kappa shape index (κ2) is 19.1. The lowest BCUT2D eigenvalue weighted by Crippen LogP contribution is -2.62. The van der Waals surface area contributed by atoms with Gasteiger partial charge in [0.1, 0.15) is 48.0 Å². The van der Waals surface area contributed by atoms with Crippen molar-refractivity contribution in [3.05, 3.63) is 29.8 Å². The van der Waals surface area contributed by atoms with E-state index >= 15 is 0 Å². The number of phenols is 1. The van der Waals surface area contributed by atoms with Crippen LogP contribution in [0.1, 0.15) is 38.2 Å². The van der Waals surface area contributed by atoms with E-state index in [9.17, 15) is 64.2 Å². The Labute approximate surface area is 298 Å². The van der Waals surface area contributed by atoms with Gasteiger partial charge >= 0.3 is 5.97 Å². The molecule has 2 heterocycles. The van der Waals surface area contributed by atoms with E-state index in [2.05, 4.69) is 21.3 Å². The monoisotopic (exact) mass is 737 g/mol. The summed E-state index contributed by atoms with van der Waals surface area (Å²) in [4.78, 5) is 92.6. The molecule has 0 aliphatic carbocycles. The van der Waals surface area contributed by atoms with E-state index in [0.717, 1.165) is 4.90 Å². The molecule has 0 radical (unpaired) electrons. The highest BCUT2D eigenvalue weighted by Gasteiger charge is 2.41. The van der Waals surface area contributed by atoms with Crippen LogP contribution in [0.25, 0.3) is 0 Å². The number of hydrogen-bond acceptors (Lipinski definition) is 13. The topological polar surface area (TPSA) is 321 Å². The van der Waals surface area contributed by atoms with Crippen molar-refractivity contribution in [1.29, 1.82) is 0 Å². The first kappa shape index (κ1) is 41.5. The number of phenolic OH excluding ortho intramolecular Hbond substituents is 1. The lowest BCUT2D eigenvalue weighted by atomic mass is 10.1. The first-order valence-electron chi connectivity index (χ1n) is 16.7. The van der Waals surface area contributed by atoms with Crippen LogP contribution in [0.5, 0.6) is 5.75 Å². The van der Waals surface area contributed by atoms with Gasteiger partial charge in [0.25, 0.3) is 0 Å². The second-order valence-corrected chi connectivity index (χ2v) is 12.7. The number of benzene rings is 1. The van der Waals surface area contributed by atoms with Crippen molar-refractivity contribution >= 4 is 41.4 Å². The smallest absolute Gasteiger partial charge is 0.326 e. The van der Waals surface area contributed by atoms with Crippen LogP contribution in [0.3, 0.4) is 0 Å². The van der Waals surface area contributed by atoms with E-state index in [-0.39, 0.29) is 38.1 Å². The van der Waals surface area contributed by atoms with Gasteiger partial charge in [-0.2, -0.15) is 0 Å². The number of aliphatic hydroxyl groups excluding tert-OH is 4. The van der Waals surface area contributed by atoms with Gasteiger partial charge < -0.3 is 67.4 Å². The molecule has 20 heteroatoms. The third-order valence-corrected chi connectivity index (χ3v) is 8.86. The quantitative estimate of drug-likeness (QED) is 0.0712. The van der Waals surface area contributed by atoms with Crippen molar-refractivity contribution in [2.45, 2.75) is 87.4 Å². The van der Waals surface area contributed by atoms with Crippen LogP contribution >= 0.6 is 0 Å². The highest BCUT2D eigenvalue weighted by Crippen LogP contribution is 2.20. The van der Waals surface area contributed by atoms with Gasteiger partial charge in [0, 0.05) is 19.5 Å². The summed E-state index contributed by atoms with van der Waals surface area (Å²) in [7, 11) is 0. The summed E-state index contributed by atoms with van der Waals surface area (Å²) in [6.07, 6.45) is -0.610. The van der Waals surface area contributed by atoms with Crippen molar-refractivity contribution in [3.63, 3.8) is 0 Å². The average Bonchev–Trinajstić information content (AvgIpc) is 3.82. The first-order chi connectivity index (χ1) is 24.6. The second-order valence-electron chi connectivity index (χ2n) is 12.7. The number of carboxylic acid groups (broad SMARTS) is 1. The van der Waals surface area contributed by atoms with E-state index in [4.69, 9.17) is 5.73 Å². The van der Waals surface area contributed by atoms with Gasteiger partial charge in [-0.1, -0.05) is 12.1 Å². The van der Waals surface area contributed by atoms with Crippen LogP contribution in [-0.4, -0.2) is 163 Å². The minimum Gasteiger partial charge on any atom is -0.508 e. The summed E-state index contributed by atoms with van der Waals surface area (Å²) >= 11 is 0. The van der Waals surface area contributed by atoms with Crippen LogP contribution in [0.15, 0.2) is 24.3 Å². The molecule has 2 fully saturated rings. The number of amides is 6. The molecule has 0 spiro atoms. The zero-order valence-electron chi connectivity index (χ0n) is 28.5. The molecule has 0 saturated carbocycles. The normalized spacial score (nSPS) is 20.5. The average molecular weight is 738 g/mol. The summed E-state index contributed by atoms with van der Waals surface area (Å²) in [6, 6.07) is -4.26. The zero-order valence-corrected chi connectivity index (χ0v) is 28.5. The Hall–Kier alpha value is -4.89. The fourth-order valence-electron chi connectivity index (χ4n) is 6.00. The number of likely N-dealkylation sites (tertiary alicyclic amines) is 2. The summed E-state index contributed by atoms with van der Waals surface area (Å²) in [5.41, 5.74) is 6.09. The van der Waals surface area contributed by atoms with Gasteiger partial charge in [0.2, 0.25) is 35.4 Å². The van der Waals surface area contributed by atoms with Crippen molar-refractivity contribution in [1.82, 2.24) is 31.1 Å². The largest absolute Gasteiger partial charge is 0.508 e. The first-order valence-corrected chi connectivity index (χ1v) is 16.7. The third kappa shape index (κ3) is 10.6. The Kier molecular flexibility index (Phi) is 15.2. The number of rotatable bonds is 17. The fraction of sp³-hybridized carbons (Fsp3) is 0.594. The van der Waals surface area contributed by atoms with Crippen molar-refractivity contribution in [2.24, 2.45) is 5.73 Å². The zero-order chi connectivity index (χ0) is 38.7. The van der Waals surface area contributed by atoms with Crippen molar-refractivity contribution in [3.8, 4) is 5.75 Å². The SMILES string of the molecule is C[C@@H](O)[C@H](NC(=O)[C@@H]1CCCN1C(=O)[C@@H](N)CO)C(=O)N[C@@H](CO)C(=O)N1CCC[C@H]1C(=O)N[C@@H](CO)C(=O)N[C@@H](Cc1ccc(O)cc1)C(=O)O. The Morgan fingerprint density at radius 1 is 0.750 bits per heavy atom. The molecule has 0 aromatic heterocycles. The minimum absolute atomic E-state index is 0.00504. The number of aliphatic hydroxyl groups is 4. The number of aliphatic carboxylic acids is 1. The summed E-state index contributed by atoms with van der Waals surface area (Å²) in [5, 5.41) is 67.8. The molecular weight excluding hydrogens is 690 g/mol. The van der Waals surface area contributed by atoms with E-state index in [1.54, 1.807) is 0 Å². The molecule has 288 valence electrons. The van der Waals surface area contributed by atoms with Gasteiger partial charge in [-0.05, 0) is 50.3 Å². The minimum atomic E-state index is -1.64. The van der Waals surface area contributed by atoms with E-state index in [0.29, 0.717) is 18.4 Å². The maximum atomic E-state index is 13.5. The number of carbonyl (C=O) groups is 7. The van der Waals surface area contributed by atoms with E-state index in [1.165, 1.54) is 36.1 Å². The summed E-state index contributed by atoms with van der Waals surface area (Å²) in [6.45, 7) is -1.14. The highest BCUT2D eigenvalue weighted by atomic mass is 16.4. The predicted octanol–water partition coefficient (Wildman–Crippen LogP) is -5.37. The molecule has 0 bridgehead atoms. The van der Waals surface area contributed by atoms with Gasteiger partial charge in [0.15, 0.2) is 0 Å². The molecule has 6 amide bonds. The van der Waals surface area contributed by atoms with Gasteiger partial charge in [-0.15, -0.1) is 0 Å². The Balaban J connectivity index is 1.64. The van der Waals surface area contributed by atoms with Crippen molar-refractivity contribution in [2.75, 3.05) is 32.9 Å². The molecule has 3 rings (SSSR count). The standard InChI is InChI=1S/C32H47N7O13/c1-16(43)25(37-28(47)24-5-2-10-38(24)30(49)19(33)13-40)29(48)36-22(15-42)31(50)39-11-3-4-23(39)27(46)35-21(14-41)26(45)34-20(32(51)52)12-17-6-8-18(44)9-7-17/h6-9,16,19-25,40-44H,2-5,10-15,33H2,1H3,(H,34,45)(H,35,46)(H,36,48)(H,37,47)(H,51,52)/t16-,19+,20+,21+,22+,23+,24+,25+/m1/s1. The third-order valence-electron chi connectivity index (χ3n) is 8.86. The van der Waals surface area contributed by atoms with Gasteiger partial charge in [-0.3, -0.25) is 28.8 Å². The lowest BCUT2D eigenvalue weighted by Gasteiger charge is -2.31. The molecule has 8 atom stereocenters. The van der Waals surface area contributed by atoms with E-state index in [1.807, 2.05) is 0 Å². The maximum absolute atomic E-state index is 13.5. The van der Waals surface area contributed by atoms with Gasteiger partial charge in [-0.25, -0.2) is 4.79 Å². The number of carboxylic acids is 1. The fourth-order valence-corrected chi connectivity index (χ4v) is 6.00. The maximum Gasteiger partial charge on any atom is 0.326 e. The molecule has 0 unspecified atom stereocenters. The Morgan fingerprint density at radius 2 is 1.27 bits per heavy atom. The number of nitrogens with two attached hydrogens (primary N) is 1. The molecule has 2 aliphatic heterocycles.